The van der Waals surface area contributed by atoms with Gasteiger partial charge in [0.25, 0.3) is 5.91 Å². The first kappa shape index (κ1) is 13.4. The average Bonchev–Trinajstić information content (AvgIpc) is 2.39. The predicted molar refractivity (Wildman–Crippen MR) is 74.8 cm³/mol. The van der Waals surface area contributed by atoms with Crippen LogP contribution in [0, 0.1) is 0 Å². The van der Waals surface area contributed by atoms with Gasteiger partial charge in [0.05, 0.1) is 12.2 Å². The molecule has 1 heterocycles. The maximum Gasteiger partial charge on any atom is 0.259 e. The van der Waals surface area contributed by atoms with Crippen LogP contribution in [0.25, 0.3) is 0 Å². The number of nitrogens with one attached hydrogen (secondary N) is 1. The molecule has 5 heteroatoms. The molecule has 0 aliphatic carbocycles. The predicted octanol–water partition coefficient (Wildman–Crippen LogP) is 3.39. The van der Waals surface area contributed by atoms with Crippen molar-refractivity contribution < 1.29 is 9.53 Å². The molecule has 2 aromatic rings. The van der Waals surface area contributed by atoms with Crippen LogP contribution in [-0.4, -0.2) is 17.5 Å². The zero-order valence-electron chi connectivity index (χ0n) is 10.4. The minimum Gasteiger partial charge on any atom is -0.493 e. The summed E-state index contributed by atoms with van der Waals surface area (Å²) in [5.74, 6) is 0.314. The molecule has 0 radical (unpaired) electrons. The van der Waals surface area contributed by atoms with Crippen molar-refractivity contribution >= 4 is 23.2 Å². The summed E-state index contributed by atoms with van der Waals surface area (Å²) in [5, 5.41) is 3.08. The topological polar surface area (TPSA) is 51.2 Å². The number of carbonyl (C=O) groups excluding carboxylic acids is 1. The van der Waals surface area contributed by atoms with Gasteiger partial charge in [-0.3, -0.25) is 4.79 Å². The highest BCUT2D eigenvalue weighted by Gasteiger charge is 2.12. The van der Waals surface area contributed by atoms with Gasteiger partial charge in [-0.15, -0.1) is 0 Å². The third-order valence-electron chi connectivity index (χ3n) is 2.42. The van der Waals surface area contributed by atoms with E-state index in [1.807, 2.05) is 13.0 Å². The molecular weight excluding hydrogens is 264 g/mol. The number of ether oxygens (including phenoxy) is 1. The molecule has 4 nitrogen and oxygen atoms in total. The Bertz CT molecular complexity index is 587. The number of para-hydroxylation sites is 1. The van der Waals surface area contributed by atoms with Gasteiger partial charge in [-0.25, -0.2) is 4.98 Å². The Kier molecular flexibility index (Phi) is 4.36. The molecular formula is C14H13ClN2O2. The van der Waals surface area contributed by atoms with Gasteiger partial charge in [0.1, 0.15) is 10.9 Å². The Morgan fingerprint density at radius 3 is 2.89 bits per heavy atom. The lowest BCUT2D eigenvalue weighted by Crippen LogP contribution is -2.13. The number of anilines is 1. The summed E-state index contributed by atoms with van der Waals surface area (Å²) >= 11 is 5.77. The van der Waals surface area contributed by atoms with Gasteiger partial charge in [0.15, 0.2) is 0 Å². The van der Waals surface area contributed by atoms with E-state index in [1.54, 1.807) is 30.3 Å². The summed E-state index contributed by atoms with van der Waals surface area (Å²) in [7, 11) is 0. The van der Waals surface area contributed by atoms with E-state index < -0.39 is 0 Å². The quantitative estimate of drug-likeness (QED) is 0.871. The molecule has 0 unspecified atom stereocenters. The zero-order valence-corrected chi connectivity index (χ0v) is 11.1. The smallest absolute Gasteiger partial charge is 0.259 e. The van der Waals surface area contributed by atoms with Gasteiger partial charge in [-0.05, 0) is 31.2 Å². The molecule has 98 valence electrons. The van der Waals surface area contributed by atoms with E-state index in [-0.39, 0.29) is 5.91 Å². The number of carbonyl (C=O) groups is 1. The fraction of sp³-hybridized carbons (Fsp3) is 0.143. The molecule has 19 heavy (non-hydrogen) atoms. The van der Waals surface area contributed by atoms with E-state index >= 15 is 0 Å². The molecule has 0 bridgehead atoms. The molecule has 2 rings (SSSR count). The van der Waals surface area contributed by atoms with E-state index in [4.69, 9.17) is 16.3 Å². The molecule has 0 atom stereocenters. The Balaban J connectivity index is 2.20. The van der Waals surface area contributed by atoms with Crippen molar-refractivity contribution in [1.82, 2.24) is 4.98 Å². The number of hydrogen-bond donors (Lipinski definition) is 1. The third kappa shape index (κ3) is 3.45. The highest BCUT2D eigenvalue weighted by atomic mass is 35.5. The lowest BCUT2D eigenvalue weighted by atomic mass is 10.2. The summed E-state index contributed by atoms with van der Waals surface area (Å²) in [5.41, 5.74) is 1.08. The van der Waals surface area contributed by atoms with Crippen molar-refractivity contribution in [2.45, 2.75) is 6.92 Å². The van der Waals surface area contributed by atoms with Gasteiger partial charge in [0, 0.05) is 11.9 Å². The molecule has 1 N–H and O–H groups in total. The lowest BCUT2D eigenvalue weighted by Gasteiger charge is -2.10. The molecule has 0 saturated carbocycles. The lowest BCUT2D eigenvalue weighted by molar-refractivity contribution is 0.102. The number of amides is 1. The SMILES string of the molecule is CCOc1ccccc1C(=O)Nc1ccnc(Cl)c1. The maximum atomic E-state index is 12.2. The third-order valence-corrected chi connectivity index (χ3v) is 2.62. The number of hydrogen-bond acceptors (Lipinski definition) is 3. The standard InChI is InChI=1S/C14H13ClN2O2/c1-2-19-12-6-4-3-5-11(12)14(18)17-10-7-8-16-13(15)9-10/h3-9H,2H2,1H3,(H,16,17,18). The molecule has 0 spiro atoms. The highest BCUT2D eigenvalue weighted by Crippen LogP contribution is 2.20. The minimum absolute atomic E-state index is 0.244. The second kappa shape index (κ2) is 6.20. The molecule has 1 amide bonds. The van der Waals surface area contributed by atoms with Crippen LogP contribution in [0.4, 0.5) is 5.69 Å². The van der Waals surface area contributed by atoms with Crippen molar-refractivity contribution in [2.75, 3.05) is 11.9 Å². The number of benzene rings is 1. The van der Waals surface area contributed by atoms with E-state index in [0.717, 1.165) is 0 Å². The van der Waals surface area contributed by atoms with Gasteiger partial charge in [-0.2, -0.15) is 0 Å². The summed E-state index contributed by atoms with van der Waals surface area (Å²) in [6.45, 7) is 2.38. The van der Waals surface area contributed by atoms with Gasteiger partial charge in [0.2, 0.25) is 0 Å². The monoisotopic (exact) mass is 276 g/mol. The number of pyridine rings is 1. The van der Waals surface area contributed by atoms with Crippen LogP contribution in [0.2, 0.25) is 5.15 Å². The first-order chi connectivity index (χ1) is 9.20. The number of aromatic nitrogens is 1. The summed E-state index contributed by atoms with van der Waals surface area (Å²) in [6.07, 6.45) is 1.53. The molecule has 1 aromatic carbocycles. The fourth-order valence-electron chi connectivity index (χ4n) is 1.61. The van der Waals surface area contributed by atoms with Crippen LogP contribution in [0.3, 0.4) is 0 Å². The van der Waals surface area contributed by atoms with Crippen LogP contribution < -0.4 is 10.1 Å². The molecule has 0 saturated heterocycles. The Labute approximate surface area is 116 Å². The Hall–Kier alpha value is -2.07. The summed E-state index contributed by atoms with van der Waals surface area (Å²) < 4.78 is 5.42. The number of halogens is 1. The van der Waals surface area contributed by atoms with Crippen LogP contribution in [0.5, 0.6) is 5.75 Å². The molecule has 0 aliphatic heterocycles. The van der Waals surface area contributed by atoms with Crippen molar-refractivity contribution in [2.24, 2.45) is 0 Å². The highest BCUT2D eigenvalue weighted by molar-refractivity contribution is 6.29. The second-order valence-corrected chi connectivity index (χ2v) is 4.14. The van der Waals surface area contributed by atoms with Crippen LogP contribution >= 0.6 is 11.6 Å². The van der Waals surface area contributed by atoms with E-state index in [2.05, 4.69) is 10.3 Å². The van der Waals surface area contributed by atoms with Crippen molar-refractivity contribution in [3.63, 3.8) is 0 Å². The number of nitrogens with zero attached hydrogens (tertiary/aromatic N) is 1. The minimum atomic E-state index is -0.244. The normalized spacial score (nSPS) is 10.0. The maximum absolute atomic E-state index is 12.2. The van der Waals surface area contributed by atoms with Crippen LogP contribution in [0.15, 0.2) is 42.6 Å². The molecule has 0 aliphatic rings. The van der Waals surface area contributed by atoms with Gasteiger partial charge in [-0.1, -0.05) is 23.7 Å². The van der Waals surface area contributed by atoms with Crippen molar-refractivity contribution in [3.8, 4) is 5.75 Å². The van der Waals surface area contributed by atoms with Crippen molar-refractivity contribution in [3.05, 3.63) is 53.3 Å². The average molecular weight is 277 g/mol. The number of rotatable bonds is 4. The first-order valence-corrected chi connectivity index (χ1v) is 6.23. The van der Waals surface area contributed by atoms with E-state index in [0.29, 0.717) is 28.8 Å². The zero-order chi connectivity index (χ0) is 13.7. The molecule has 0 fully saturated rings. The van der Waals surface area contributed by atoms with Crippen LogP contribution in [0.1, 0.15) is 17.3 Å². The van der Waals surface area contributed by atoms with Crippen LogP contribution in [-0.2, 0) is 0 Å². The Morgan fingerprint density at radius 1 is 1.37 bits per heavy atom. The largest absolute Gasteiger partial charge is 0.493 e. The fourth-order valence-corrected chi connectivity index (χ4v) is 1.79. The van der Waals surface area contributed by atoms with Gasteiger partial charge < -0.3 is 10.1 Å². The van der Waals surface area contributed by atoms with Crippen molar-refractivity contribution in [1.29, 1.82) is 0 Å². The molecule has 1 aromatic heterocycles. The summed E-state index contributed by atoms with van der Waals surface area (Å²) in [6, 6.07) is 10.3. The first-order valence-electron chi connectivity index (χ1n) is 5.85. The second-order valence-electron chi connectivity index (χ2n) is 3.75. The Morgan fingerprint density at radius 2 is 2.16 bits per heavy atom. The van der Waals surface area contributed by atoms with E-state index in [1.165, 1.54) is 6.20 Å². The van der Waals surface area contributed by atoms with Gasteiger partial charge >= 0.3 is 0 Å². The summed E-state index contributed by atoms with van der Waals surface area (Å²) in [4.78, 5) is 16.0. The van der Waals surface area contributed by atoms with E-state index in [9.17, 15) is 4.79 Å².